The van der Waals surface area contributed by atoms with Crippen molar-refractivity contribution in [3.05, 3.63) is 48.2 Å². The predicted molar refractivity (Wildman–Crippen MR) is 94.4 cm³/mol. The van der Waals surface area contributed by atoms with E-state index in [1.807, 2.05) is 51.1 Å². The monoisotopic (exact) mass is 342 g/mol. The van der Waals surface area contributed by atoms with Crippen LogP contribution in [-0.4, -0.2) is 39.4 Å². The quantitative estimate of drug-likeness (QED) is 0.869. The van der Waals surface area contributed by atoms with Gasteiger partial charge in [0.05, 0.1) is 6.61 Å². The van der Waals surface area contributed by atoms with Gasteiger partial charge in [-0.1, -0.05) is 30.3 Å². The molecule has 132 valence electrons. The average molecular weight is 342 g/mol. The lowest BCUT2D eigenvalue weighted by molar-refractivity contribution is 0.0685. The highest BCUT2D eigenvalue weighted by atomic mass is 16.6. The van der Waals surface area contributed by atoms with Crippen LogP contribution in [0.3, 0.4) is 0 Å². The highest BCUT2D eigenvalue weighted by Crippen LogP contribution is 2.43. The molecule has 25 heavy (non-hydrogen) atoms. The molecule has 1 aliphatic rings. The molecule has 1 aromatic heterocycles. The Bertz CT molecular complexity index is 751. The van der Waals surface area contributed by atoms with Crippen LogP contribution in [0.1, 0.15) is 32.4 Å². The van der Waals surface area contributed by atoms with E-state index in [2.05, 4.69) is 15.3 Å². The molecule has 0 bridgehead atoms. The van der Waals surface area contributed by atoms with Gasteiger partial charge in [-0.3, -0.25) is 0 Å². The van der Waals surface area contributed by atoms with Gasteiger partial charge >= 0.3 is 6.09 Å². The second kappa shape index (κ2) is 6.68. The second-order valence-corrected chi connectivity index (χ2v) is 6.62. The number of benzene rings is 1. The lowest BCUT2D eigenvalue weighted by Crippen LogP contribution is -2.34. The Morgan fingerprint density at radius 2 is 2.04 bits per heavy atom. The molecule has 0 spiro atoms. The van der Waals surface area contributed by atoms with Gasteiger partial charge in [0, 0.05) is 12.2 Å². The average Bonchev–Trinajstić information content (AvgIpc) is 2.84. The first-order chi connectivity index (χ1) is 11.9. The van der Waals surface area contributed by atoms with Crippen LogP contribution in [0.4, 0.5) is 16.6 Å². The highest BCUT2D eigenvalue weighted by molar-refractivity contribution is 5.90. The summed E-state index contributed by atoms with van der Waals surface area (Å²) < 4.78 is 5.59. The molecular formula is C18H22N4O3. The lowest BCUT2D eigenvalue weighted by atomic mass is 9.91. The van der Waals surface area contributed by atoms with Gasteiger partial charge in [-0.25, -0.2) is 14.7 Å². The number of nitrogens with zero attached hydrogens (tertiary/aromatic N) is 3. The molecule has 7 heteroatoms. The van der Waals surface area contributed by atoms with Crippen molar-refractivity contribution in [3.63, 3.8) is 0 Å². The molecule has 2 aromatic rings. The van der Waals surface area contributed by atoms with Crippen molar-refractivity contribution in [2.24, 2.45) is 0 Å². The number of hydrogen-bond donors (Lipinski definition) is 2. The lowest BCUT2D eigenvalue weighted by Gasteiger charge is -2.28. The van der Waals surface area contributed by atoms with Gasteiger partial charge in [-0.05, 0) is 32.4 Å². The topological polar surface area (TPSA) is 87.6 Å². The van der Waals surface area contributed by atoms with Crippen LogP contribution in [0.5, 0.6) is 0 Å². The fraction of sp³-hybridized carbons (Fsp3) is 0.389. The maximum absolute atomic E-state index is 12.5. The van der Waals surface area contributed by atoms with Crippen molar-refractivity contribution in [3.8, 4) is 0 Å². The number of nitrogens with one attached hydrogen (secondary N) is 1. The molecule has 0 saturated carbocycles. The van der Waals surface area contributed by atoms with E-state index in [0.29, 0.717) is 11.8 Å². The van der Waals surface area contributed by atoms with Crippen molar-refractivity contribution in [2.75, 3.05) is 16.8 Å². The maximum atomic E-state index is 12.5. The van der Waals surface area contributed by atoms with Gasteiger partial charge in [0.15, 0.2) is 0 Å². The Morgan fingerprint density at radius 1 is 1.32 bits per heavy atom. The Kier molecular flexibility index (Phi) is 4.59. The number of aliphatic hydroxyl groups excluding tert-OH is 1. The van der Waals surface area contributed by atoms with Crippen LogP contribution < -0.4 is 10.2 Å². The molecule has 0 aliphatic carbocycles. The molecular weight excluding hydrogens is 320 g/mol. The first-order valence-corrected chi connectivity index (χ1v) is 8.20. The van der Waals surface area contributed by atoms with Crippen molar-refractivity contribution < 1.29 is 14.6 Å². The van der Waals surface area contributed by atoms with E-state index in [1.54, 1.807) is 17.2 Å². The van der Waals surface area contributed by atoms with Crippen LogP contribution in [0.15, 0.2) is 42.6 Å². The number of carbonyl (C=O) groups is 1. The SMILES string of the molecule is C[C@@H](CO)Nc1nccc(N2C(=O)OC(C)(C)C2c2ccccc2)n1. The van der Waals surface area contributed by atoms with Crippen molar-refractivity contribution in [1.82, 2.24) is 9.97 Å². The fourth-order valence-corrected chi connectivity index (χ4v) is 2.98. The van der Waals surface area contributed by atoms with Gasteiger partial charge in [-0.15, -0.1) is 0 Å². The number of cyclic esters (lactones) is 1. The number of anilines is 2. The van der Waals surface area contributed by atoms with Crippen molar-refractivity contribution in [1.29, 1.82) is 0 Å². The number of ether oxygens (including phenoxy) is 1. The molecule has 1 aliphatic heterocycles. The Hall–Kier alpha value is -2.67. The first-order valence-electron chi connectivity index (χ1n) is 8.20. The van der Waals surface area contributed by atoms with Gasteiger partial charge in [0.1, 0.15) is 17.5 Å². The number of carbonyl (C=O) groups excluding carboxylic acids is 1. The Morgan fingerprint density at radius 3 is 2.72 bits per heavy atom. The van der Waals surface area contributed by atoms with E-state index in [4.69, 9.17) is 4.74 Å². The molecule has 7 nitrogen and oxygen atoms in total. The van der Waals surface area contributed by atoms with E-state index < -0.39 is 11.7 Å². The molecule has 3 rings (SSSR count). The van der Waals surface area contributed by atoms with E-state index in [9.17, 15) is 9.90 Å². The van der Waals surface area contributed by atoms with Crippen LogP contribution in [0.2, 0.25) is 0 Å². The summed E-state index contributed by atoms with van der Waals surface area (Å²) in [6, 6.07) is 10.9. The summed E-state index contributed by atoms with van der Waals surface area (Å²) in [5.41, 5.74) is 0.269. The third-order valence-corrected chi connectivity index (χ3v) is 4.12. The maximum Gasteiger partial charge on any atom is 0.416 e. The van der Waals surface area contributed by atoms with E-state index in [1.165, 1.54) is 0 Å². The largest absolute Gasteiger partial charge is 0.440 e. The normalized spacial score (nSPS) is 20.2. The van der Waals surface area contributed by atoms with Crippen LogP contribution in [0.25, 0.3) is 0 Å². The third-order valence-electron chi connectivity index (χ3n) is 4.12. The number of amides is 1. The van der Waals surface area contributed by atoms with Crippen molar-refractivity contribution in [2.45, 2.75) is 38.5 Å². The van der Waals surface area contributed by atoms with Gasteiger partial charge in [0.2, 0.25) is 5.95 Å². The number of aromatic nitrogens is 2. The Labute approximate surface area is 146 Å². The number of aliphatic hydroxyl groups is 1. The van der Waals surface area contributed by atoms with Gasteiger partial charge < -0.3 is 15.2 Å². The minimum atomic E-state index is -0.699. The molecule has 1 fully saturated rings. The molecule has 1 saturated heterocycles. The molecule has 2 N–H and O–H groups in total. The summed E-state index contributed by atoms with van der Waals surface area (Å²) in [5.74, 6) is 0.801. The minimum Gasteiger partial charge on any atom is -0.440 e. The van der Waals surface area contributed by atoms with Crippen LogP contribution >= 0.6 is 0 Å². The Balaban J connectivity index is 1.99. The van der Waals surface area contributed by atoms with E-state index >= 15 is 0 Å². The molecule has 2 heterocycles. The molecule has 1 aromatic carbocycles. The summed E-state index contributed by atoms with van der Waals surface area (Å²) >= 11 is 0. The first kappa shape index (κ1) is 17.2. The fourth-order valence-electron chi connectivity index (χ4n) is 2.98. The van der Waals surface area contributed by atoms with Crippen LogP contribution in [-0.2, 0) is 4.74 Å². The molecule has 2 atom stereocenters. The van der Waals surface area contributed by atoms with E-state index in [0.717, 1.165) is 5.56 Å². The van der Waals surface area contributed by atoms with Crippen molar-refractivity contribution >= 4 is 17.9 Å². The second-order valence-electron chi connectivity index (χ2n) is 6.62. The summed E-state index contributed by atoms with van der Waals surface area (Å²) in [4.78, 5) is 22.7. The third kappa shape index (κ3) is 3.41. The van der Waals surface area contributed by atoms with E-state index in [-0.39, 0.29) is 18.7 Å². The predicted octanol–water partition coefficient (Wildman–Crippen LogP) is 2.75. The zero-order valence-electron chi connectivity index (χ0n) is 14.5. The minimum absolute atomic E-state index is 0.0426. The standard InChI is InChI=1S/C18H22N4O3/c1-12(11-23)20-16-19-10-9-14(21-16)22-15(13-7-5-4-6-8-13)18(2,3)25-17(22)24/h4-10,12,15,23H,11H2,1-3H3,(H,19,20,21)/t12-,15?/m0/s1. The molecule has 1 amide bonds. The molecule has 0 radical (unpaired) electrons. The summed E-state index contributed by atoms with van der Waals surface area (Å²) in [7, 11) is 0. The zero-order valence-corrected chi connectivity index (χ0v) is 14.5. The van der Waals surface area contributed by atoms with Gasteiger partial charge in [0.25, 0.3) is 0 Å². The number of hydrogen-bond acceptors (Lipinski definition) is 6. The smallest absolute Gasteiger partial charge is 0.416 e. The van der Waals surface area contributed by atoms with Crippen LogP contribution in [0, 0.1) is 0 Å². The number of rotatable bonds is 5. The summed E-state index contributed by atoms with van der Waals surface area (Å²) in [5, 5.41) is 12.2. The van der Waals surface area contributed by atoms with Gasteiger partial charge in [-0.2, -0.15) is 4.98 Å². The summed E-state index contributed by atoms with van der Waals surface area (Å²) in [6.45, 7) is 5.54. The zero-order chi connectivity index (χ0) is 18.0. The summed E-state index contributed by atoms with van der Waals surface area (Å²) in [6.07, 6.45) is 1.13. The molecule has 1 unspecified atom stereocenters. The highest BCUT2D eigenvalue weighted by Gasteiger charge is 2.49.